The average Bonchev–Trinajstić information content (AvgIpc) is 2.31. The molecule has 0 spiro atoms. The standard InChI is InChI=1S/C10H22N2O/c1-7(2)11-9-5-12(8(3)4)6-10(9)13/h7-11,13H,5-6H2,1-4H3/t9-,10?/m0/s1. The van der Waals surface area contributed by atoms with Gasteiger partial charge >= 0.3 is 0 Å². The summed E-state index contributed by atoms with van der Waals surface area (Å²) in [7, 11) is 0. The van der Waals surface area contributed by atoms with Crippen LogP contribution in [0.4, 0.5) is 0 Å². The average molecular weight is 186 g/mol. The number of rotatable bonds is 3. The van der Waals surface area contributed by atoms with Crippen LogP contribution in [0.25, 0.3) is 0 Å². The maximum Gasteiger partial charge on any atom is 0.0832 e. The Bertz CT molecular complexity index is 159. The first-order valence-corrected chi connectivity index (χ1v) is 5.19. The highest BCUT2D eigenvalue weighted by molar-refractivity contribution is 4.90. The number of aliphatic hydroxyl groups excluding tert-OH is 1. The minimum Gasteiger partial charge on any atom is -0.390 e. The fourth-order valence-corrected chi connectivity index (χ4v) is 1.83. The first-order valence-electron chi connectivity index (χ1n) is 5.19. The van der Waals surface area contributed by atoms with E-state index in [0.29, 0.717) is 12.1 Å². The van der Waals surface area contributed by atoms with E-state index in [1.807, 2.05) is 0 Å². The molecule has 0 amide bonds. The number of hydrogen-bond acceptors (Lipinski definition) is 3. The first kappa shape index (κ1) is 11.0. The second-order valence-electron chi connectivity index (χ2n) is 4.54. The number of aliphatic hydroxyl groups is 1. The van der Waals surface area contributed by atoms with Gasteiger partial charge in [-0.15, -0.1) is 0 Å². The second-order valence-corrected chi connectivity index (χ2v) is 4.54. The van der Waals surface area contributed by atoms with Crippen molar-refractivity contribution in [3.63, 3.8) is 0 Å². The van der Waals surface area contributed by atoms with Gasteiger partial charge in [0.1, 0.15) is 0 Å². The van der Waals surface area contributed by atoms with E-state index in [1.54, 1.807) is 0 Å². The molecule has 78 valence electrons. The van der Waals surface area contributed by atoms with Crippen molar-refractivity contribution in [3.8, 4) is 0 Å². The number of β-amino-alcohol motifs (C(OH)–C–C–N with tert-alkyl or cyclic N) is 1. The lowest BCUT2D eigenvalue weighted by molar-refractivity contribution is 0.146. The summed E-state index contributed by atoms with van der Waals surface area (Å²) in [5, 5.41) is 13.1. The minimum absolute atomic E-state index is 0.204. The van der Waals surface area contributed by atoms with Crippen LogP contribution in [0.5, 0.6) is 0 Å². The molecule has 3 nitrogen and oxygen atoms in total. The zero-order valence-corrected chi connectivity index (χ0v) is 9.12. The highest BCUT2D eigenvalue weighted by atomic mass is 16.3. The van der Waals surface area contributed by atoms with Crippen LogP contribution in [0.1, 0.15) is 27.7 Å². The Hall–Kier alpha value is -0.120. The van der Waals surface area contributed by atoms with Gasteiger partial charge in [0.25, 0.3) is 0 Å². The minimum atomic E-state index is -0.204. The quantitative estimate of drug-likeness (QED) is 0.671. The predicted molar refractivity (Wildman–Crippen MR) is 54.8 cm³/mol. The molecule has 2 N–H and O–H groups in total. The van der Waals surface area contributed by atoms with Crippen molar-refractivity contribution in [2.45, 2.75) is 51.9 Å². The van der Waals surface area contributed by atoms with Crippen molar-refractivity contribution >= 4 is 0 Å². The van der Waals surface area contributed by atoms with Gasteiger partial charge in [0, 0.05) is 31.2 Å². The van der Waals surface area contributed by atoms with Gasteiger partial charge < -0.3 is 10.4 Å². The molecule has 1 rings (SSSR count). The molecule has 0 radical (unpaired) electrons. The summed E-state index contributed by atoms with van der Waals surface area (Å²) in [5.41, 5.74) is 0. The van der Waals surface area contributed by atoms with E-state index in [-0.39, 0.29) is 12.1 Å². The van der Waals surface area contributed by atoms with E-state index in [2.05, 4.69) is 37.9 Å². The van der Waals surface area contributed by atoms with Crippen LogP contribution in [0.15, 0.2) is 0 Å². The van der Waals surface area contributed by atoms with Crippen molar-refractivity contribution in [2.75, 3.05) is 13.1 Å². The molecule has 0 aromatic rings. The SMILES string of the molecule is CC(C)N[C@H]1CN(C(C)C)CC1O. The fraction of sp³-hybridized carbons (Fsp3) is 1.00. The Morgan fingerprint density at radius 2 is 1.85 bits per heavy atom. The maximum atomic E-state index is 9.75. The fourth-order valence-electron chi connectivity index (χ4n) is 1.83. The molecule has 0 saturated carbocycles. The Labute approximate surface area is 81.1 Å². The van der Waals surface area contributed by atoms with Gasteiger partial charge in [-0.05, 0) is 13.8 Å². The van der Waals surface area contributed by atoms with Crippen molar-refractivity contribution in [2.24, 2.45) is 0 Å². The van der Waals surface area contributed by atoms with Crippen LogP contribution < -0.4 is 5.32 Å². The van der Waals surface area contributed by atoms with Gasteiger partial charge in [-0.25, -0.2) is 0 Å². The summed E-state index contributed by atoms with van der Waals surface area (Å²) in [6, 6.07) is 1.24. The van der Waals surface area contributed by atoms with Gasteiger partial charge in [0.05, 0.1) is 6.10 Å². The van der Waals surface area contributed by atoms with Crippen molar-refractivity contribution in [1.82, 2.24) is 10.2 Å². The third kappa shape index (κ3) is 2.93. The van der Waals surface area contributed by atoms with Gasteiger partial charge in [-0.2, -0.15) is 0 Å². The number of nitrogens with zero attached hydrogens (tertiary/aromatic N) is 1. The Balaban J connectivity index is 2.42. The van der Waals surface area contributed by atoms with Crippen LogP contribution in [0.2, 0.25) is 0 Å². The van der Waals surface area contributed by atoms with Crippen LogP contribution in [-0.4, -0.2) is 47.3 Å². The molecule has 0 aromatic carbocycles. The molecule has 2 atom stereocenters. The van der Waals surface area contributed by atoms with Gasteiger partial charge in [0.15, 0.2) is 0 Å². The molecule has 1 fully saturated rings. The van der Waals surface area contributed by atoms with Crippen LogP contribution in [-0.2, 0) is 0 Å². The smallest absolute Gasteiger partial charge is 0.0832 e. The summed E-state index contributed by atoms with van der Waals surface area (Å²) >= 11 is 0. The molecule has 1 aliphatic rings. The number of nitrogens with one attached hydrogen (secondary N) is 1. The van der Waals surface area contributed by atoms with Crippen molar-refractivity contribution < 1.29 is 5.11 Å². The molecule has 1 heterocycles. The van der Waals surface area contributed by atoms with E-state index >= 15 is 0 Å². The summed E-state index contributed by atoms with van der Waals surface area (Å²) in [4.78, 5) is 2.31. The topological polar surface area (TPSA) is 35.5 Å². The third-order valence-electron chi connectivity index (χ3n) is 2.59. The summed E-state index contributed by atoms with van der Waals surface area (Å²) in [5.74, 6) is 0. The molecule has 1 saturated heterocycles. The second kappa shape index (κ2) is 4.40. The van der Waals surface area contributed by atoms with Gasteiger partial charge in [-0.1, -0.05) is 13.8 Å². The lowest BCUT2D eigenvalue weighted by Crippen LogP contribution is -2.43. The predicted octanol–water partition coefficient (Wildman–Crippen LogP) is 0.438. The largest absolute Gasteiger partial charge is 0.390 e. The zero-order chi connectivity index (χ0) is 10.0. The molecule has 1 unspecified atom stereocenters. The van der Waals surface area contributed by atoms with E-state index in [4.69, 9.17) is 0 Å². The maximum absolute atomic E-state index is 9.75. The normalized spacial score (nSPS) is 30.7. The lowest BCUT2D eigenvalue weighted by Gasteiger charge is -2.21. The molecular weight excluding hydrogens is 164 g/mol. The molecule has 0 bridgehead atoms. The van der Waals surface area contributed by atoms with E-state index < -0.39 is 0 Å². The summed E-state index contributed by atoms with van der Waals surface area (Å²) in [6.07, 6.45) is -0.204. The lowest BCUT2D eigenvalue weighted by atomic mass is 10.2. The van der Waals surface area contributed by atoms with Crippen LogP contribution in [0, 0.1) is 0 Å². The molecule has 1 aliphatic heterocycles. The Morgan fingerprint density at radius 1 is 1.23 bits per heavy atom. The molecule has 0 aromatic heterocycles. The molecular formula is C10H22N2O. The first-order chi connectivity index (χ1) is 6.00. The molecule has 0 aliphatic carbocycles. The molecule has 13 heavy (non-hydrogen) atoms. The zero-order valence-electron chi connectivity index (χ0n) is 9.12. The van der Waals surface area contributed by atoms with Crippen LogP contribution in [0.3, 0.4) is 0 Å². The van der Waals surface area contributed by atoms with E-state index in [9.17, 15) is 5.11 Å². The van der Waals surface area contributed by atoms with E-state index in [0.717, 1.165) is 13.1 Å². The Morgan fingerprint density at radius 3 is 2.23 bits per heavy atom. The molecule has 3 heteroatoms. The van der Waals surface area contributed by atoms with Gasteiger partial charge in [-0.3, -0.25) is 4.90 Å². The summed E-state index contributed by atoms with van der Waals surface area (Å²) < 4.78 is 0. The highest BCUT2D eigenvalue weighted by Crippen LogP contribution is 2.13. The number of likely N-dealkylation sites (tertiary alicyclic amines) is 1. The summed E-state index contributed by atoms with van der Waals surface area (Å²) in [6.45, 7) is 10.4. The third-order valence-corrected chi connectivity index (χ3v) is 2.59. The monoisotopic (exact) mass is 186 g/mol. The van der Waals surface area contributed by atoms with Crippen molar-refractivity contribution in [3.05, 3.63) is 0 Å². The van der Waals surface area contributed by atoms with E-state index in [1.165, 1.54) is 0 Å². The highest BCUT2D eigenvalue weighted by Gasteiger charge is 2.32. The van der Waals surface area contributed by atoms with Crippen LogP contribution >= 0.6 is 0 Å². The number of hydrogen-bond donors (Lipinski definition) is 2. The van der Waals surface area contributed by atoms with Crippen molar-refractivity contribution in [1.29, 1.82) is 0 Å². The van der Waals surface area contributed by atoms with Gasteiger partial charge in [0.2, 0.25) is 0 Å². The Kier molecular flexibility index (Phi) is 3.71.